The van der Waals surface area contributed by atoms with Crippen LogP contribution < -0.4 is 10.1 Å². The second kappa shape index (κ2) is 9.12. The quantitative estimate of drug-likeness (QED) is 0.635. The maximum Gasteiger partial charge on any atom is 0.387 e. The minimum Gasteiger partial charge on any atom is -0.459 e. The number of carbonyl (C=O) groups excluding carboxylic acids is 4. The summed E-state index contributed by atoms with van der Waals surface area (Å²) in [6.07, 6.45) is 1.41. The summed E-state index contributed by atoms with van der Waals surface area (Å²) in [6.45, 7) is -0.901. The highest BCUT2D eigenvalue weighted by molar-refractivity contribution is 6.09. The fraction of sp³-hybridized carbons (Fsp3) is 0.364. The Balaban J connectivity index is 1.37. The average Bonchev–Trinajstić information content (AvgIpc) is 3.43. The number of halogens is 2. The molecule has 5 amide bonds. The number of hydrogen-bond donors (Lipinski definition) is 1. The molecule has 34 heavy (non-hydrogen) atoms. The van der Waals surface area contributed by atoms with Crippen LogP contribution in [0.1, 0.15) is 23.0 Å². The molecule has 180 valence electrons. The first-order chi connectivity index (χ1) is 16.2. The van der Waals surface area contributed by atoms with E-state index >= 15 is 0 Å². The average molecular weight is 476 g/mol. The number of carbonyl (C=O) groups is 4. The highest BCUT2D eigenvalue weighted by atomic mass is 19.3. The third-order valence-corrected chi connectivity index (χ3v) is 5.88. The number of furan rings is 1. The van der Waals surface area contributed by atoms with E-state index in [9.17, 15) is 28.0 Å². The highest BCUT2D eigenvalue weighted by Gasteiger charge is 2.49. The van der Waals surface area contributed by atoms with Crippen molar-refractivity contribution in [3.8, 4) is 5.75 Å². The molecule has 1 atom stereocenters. The lowest BCUT2D eigenvalue weighted by atomic mass is 9.92. The lowest BCUT2D eigenvalue weighted by Gasteiger charge is -2.34. The Morgan fingerprint density at radius 2 is 1.74 bits per heavy atom. The van der Waals surface area contributed by atoms with Crippen molar-refractivity contribution in [2.45, 2.75) is 19.1 Å². The zero-order valence-electron chi connectivity index (χ0n) is 18.2. The molecule has 0 radical (unpaired) electrons. The Labute approximate surface area is 193 Å². The van der Waals surface area contributed by atoms with Crippen LogP contribution in [0.4, 0.5) is 13.6 Å². The number of ether oxygens (including phenoxy) is 1. The van der Waals surface area contributed by atoms with Crippen LogP contribution in [0.15, 0.2) is 47.1 Å². The number of benzene rings is 1. The number of rotatable bonds is 6. The van der Waals surface area contributed by atoms with Gasteiger partial charge < -0.3 is 24.3 Å². The molecule has 0 unspecified atom stereocenters. The van der Waals surface area contributed by atoms with Gasteiger partial charge in [0, 0.05) is 26.2 Å². The summed E-state index contributed by atoms with van der Waals surface area (Å²) < 4.78 is 34.1. The van der Waals surface area contributed by atoms with Crippen LogP contribution >= 0.6 is 0 Å². The van der Waals surface area contributed by atoms with Crippen LogP contribution in [0.3, 0.4) is 0 Å². The molecule has 10 nitrogen and oxygen atoms in total. The number of urea groups is 1. The van der Waals surface area contributed by atoms with Gasteiger partial charge in [-0.05, 0) is 36.8 Å². The number of piperazine rings is 1. The summed E-state index contributed by atoms with van der Waals surface area (Å²) in [5.41, 5.74) is -1.11. The van der Waals surface area contributed by atoms with E-state index in [1.54, 1.807) is 17.0 Å². The lowest BCUT2D eigenvalue weighted by molar-refractivity contribution is -0.139. The first-order valence-electron chi connectivity index (χ1n) is 10.5. The van der Waals surface area contributed by atoms with E-state index in [-0.39, 0.29) is 43.6 Å². The number of nitrogens with one attached hydrogen (secondary N) is 1. The van der Waals surface area contributed by atoms with E-state index < -0.39 is 36.5 Å². The molecule has 2 saturated heterocycles. The molecular weight excluding hydrogens is 454 g/mol. The van der Waals surface area contributed by atoms with E-state index in [4.69, 9.17) is 4.42 Å². The Morgan fingerprint density at radius 3 is 2.32 bits per heavy atom. The molecule has 2 aliphatic rings. The standard InChI is InChI=1S/C22H22F2N4O6/c1-22(14-4-6-15(7-5-14)34-20(23)24)19(31)28(21(32)25-22)13-17(29)26-8-10-27(11-9-26)18(30)16-3-2-12-33-16/h2-7,12,20H,8-11,13H2,1H3,(H,25,32)/t22-/m1/s1. The maximum absolute atomic E-state index is 13.0. The SMILES string of the molecule is C[C@]1(c2ccc(OC(F)F)cc2)NC(=O)N(CC(=O)N2CCN(C(=O)c3ccco3)CC2)C1=O. The van der Waals surface area contributed by atoms with Gasteiger partial charge in [-0.1, -0.05) is 12.1 Å². The summed E-state index contributed by atoms with van der Waals surface area (Å²) in [6, 6.07) is 7.78. The Bertz CT molecular complexity index is 1080. The second-order valence-corrected chi connectivity index (χ2v) is 8.00. The van der Waals surface area contributed by atoms with Gasteiger partial charge in [0.1, 0.15) is 17.8 Å². The minimum absolute atomic E-state index is 0.0872. The molecule has 2 aliphatic heterocycles. The number of nitrogens with zero attached hydrogens (tertiary/aromatic N) is 3. The van der Waals surface area contributed by atoms with Gasteiger partial charge in [-0.15, -0.1) is 0 Å². The molecule has 4 rings (SSSR count). The zero-order chi connectivity index (χ0) is 24.5. The first kappa shape index (κ1) is 23.2. The zero-order valence-corrected chi connectivity index (χ0v) is 18.2. The monoisotopic (exact) mass is 476 g/mol. The molecule has 3 heterocycles. The highest BCUT2D eigenvalue weighted by Crippen LogP contribution is 2.30. The topological polar surface area (TPSA) is 112 Å². The van der Waals surface area contributed by atoms with Gasteiger partial charge in [-0.25, -0.2) is 4.79 Å². The van der Waals surface area contributed by atoms with Crippen molar-refractivity contribution >= 4 is 23.8 Å². The Morgan fingerprint density at radius 1 is 1.09 bits per heavy atom. The van der Waals surface area contributed by atoms with Gasteiger partial charge in [0.25, 0.3) is 11.8 Å². The summed E-state index contributed by atoms with van der Waals surface area (Å²) >= 11 is 0. The smallest absolute Gasteiger partial charge is 0.387 e. The fourth-order valence-corrected chi connectivity index (χ4v) is 3.96. The second-order valence-electron chi connectivity index (χ2n) is 8.00. The maximum atomic E-state index is 13.0. The molecule has 1 aromatic heterocycles. The van der Waals surface area contributed by atoms with Gasteiger partial charge in [-0.3, -0.25) is 19.3 Å². The summed E-state index contributed by atoms with van der Waals surface area (Å²) in [7, 11) is 0. The summed E-state index contributed by atoms with van der Waals surface area (Å²) in [5.74, 6) is -1.21. The third kappa shape index (κ3) is 4.43. The number of alkyl halides is 2. The van der Waals surface area contributed by atoms with Crippen LogP contribution in [-0.4, -0.2) is 77.8 Å². The van der Waals surface area contributed by atoms with Crippen molar-refractivity contribution in [2.24, 2.45) is 0 Å². The van der Waals surface area contributed by atoms with Gasteiger partial charge in [0.2, 0.25) is 5.91 Å². The third-order valence-electron chi connectivity index (χ3n) is 5.88. The number of hydrogen-bond acceptors (Lipinski definition) is 6. The largest absolute Gasteiger partial charge is 0.459 e. The normalized spacial score (nSPS) is 20.6. The molecule has 0 bridgehead atoms. The van der Waals surface area contributed by atoms with E-state index in [0.717, 1.165) is 4.90 Å². The molecule has 1 N–H and O–H groups in total. The van der Waals surface area contributed by atoms with E-state index in [1.165, 1.54) is 42.4 Å². The molecule has 0 spiro atoms. The van der Waals surface area contributed by atoms with Crippen molar-refractivity contribution in [3.05, 3.63) is 54.0 Å². The van der Waals surface area contributed by atoms with Crippen molar-refractivity contribution < 1.29 is 37.1 Å². The van der Waals surface area contributed by atoms with Gasteiger partial charge >= 0.3 is 12.6 Å². The Hall–Kier alpha value is -3.96. The minimum atomic E-state index is -2.99. The molecule has 2 fully saturated rings. The van der Waals surface area contributed by atoms with Gasteiger partial charge in [0.15, 0.2) is 5.76 Å². The predicted octanol–water partition coefficient (Wildman–Crippen LogP) is 1.63. The van der Waals surface area contributed by atoms with Crippen LogP contribution in [0, 0.1) is 0 Å². The molecule has 1 aromatic carbocycles. The van der Waals surface area contributed by atoms with Crippen LogP contribution in [-0.2, 0) is 15.1 Å². The van der Waals surface area contributed by atoms with Crippen molar-refractivity contribution in [3.63, 3.8) is 0 Å². The lowest BCUT2D eigenvalue weighted by Crippen LogP contribution is -2.53. The molecule has 0 aliphatic carbocycles. The molecule has 2 aromatic rings. The summed E-state index contributed by atoms with van der Waals surface area (Å²) in [4.78, 5) is 54.6. The van der Waals surface area contributed by atoms with E-state index in [2.05, 4.69) is 10.1 Å². The van der Waals surface area contributed by atoms with E-state index in [1.807, 2.05) is 0 Å². The summed E-state index contributed by atoms with van der Waals surface area (Å²) in [5, 5.41) is 2.57. The Kier molecular flexibility index (Phi) is 6.22. The van der Waals surface area contributed by atoms with Crippen molar-refractivity contribution in [2.75, 3.05) is 32.7 Å². The first-order valence-corrected chi connectivity index (χ1v) is 10.5. The van der Waals surface area contributed by atoms with Crippen LogP contribution in [0.2, 0.25) is 0 Å². The van der Waals surface area contributed by atoms with E-state index in [0.29, 0.717) is 5.56 Å². The van der Waals surface area contributed by atoms with Crippen LogP contribution in [0.25, 0.3) is 0 Å². The number of imide groups is 1. The fourth-order valence-electron chi connectivity index (χ4n) is 3.96. The van der Waals surface area contributed by atoms with Crippen LogP contribution in [0.5, 0.6) is 5.75 Å². The van der Waals surface area contributed by atoms with Crippen molar-refractivity contribution in [1.82, 2.24) is 20.0 Å². The van der Waals surface area contributed by atoms with Crippen molar-refractivity contribution in [1.29, 1.82) is 0 Å². The van der Waals surface area contributed by atoms with Gasteiger partial charge in [-0.2, -0.15) is 8.78 Å². The number of amides is 5. The molecule has 12 heteroatoms. The van der Waals surface area contributed by atoms with Gasteiger partial charge in [0.05, 0.1) is 6.26 Å². The predicted molar refractivity (Wildman–Crippen MR) is 112 cm³/mol. The molecule has 0 saturated carbocycles. The molecular formula is C22H22F2N4O6.